The highest BCUT2D eigenvalue weighted by atomic mass is 32.1. The van der Waals surface area contributed by atoms with E-state index in [0.717, 1.165) is 0 Å². The predicted octanol–water partition coefficient (Wildman–Crippen LogP) is 1.60. The van der Waals surface area contributed by atoms with Gasteiger partial charge < -0.3 is 10.3 Å². The summed E-state index contributed by atoms with van der Waals surface area (Å²) >= 11 is 10.2. The van der Waals surface area contributed by atoms with Gasteiger partial charge in [0, 0.05) is 18.2 Å². The van der Waals surface area contributed by atoms with Crippen LogP contribution in [0.1, 0.15) is 31.1 Å². The van der Waals surface area contributed by atoms with E-state index in [4.69, 9.17) is 24.4 Å². The van der Waals surface area contributed by atoms with Crippen LogP contribution in [0.15, 0.2) is 23.0 Å². The second kappa shape index (κ2) is 7.54. The number of carbonyl (C=O) groups is 1. The molecule has 1 heterocycles. The Balaban J connectivity index is 2.25. The molecule has 0 aliphatic rings. The molecule has 1 aromatic carbocycles. The number of hydrogen-bond donors (Lipinski definition) is 4. The predicted molar refractivity (Wildman–Crippen MR) is 101 cm³/mol. The van der Waals surface area contributed by atoms with Gasteiger partial charge in [-0.1, -0.05) is 0 Å². The number of H-pyrrole nitrogens is 1. The number of aromatic nitrogens is 2. The smallest absolute Gasteiger partial charge is 0.269 e. The van der Waals surface area contributed by atoms with E-state index < -0.39 is 0 Å². The Kier molecular flexibility index (Phi) is 5.68. The first-order chi connectivity index (χ1) is 11.3. The summed E-state index contributed by atoms with van der Waals surface area (Å²) in [6.07, 6.45) is 0. The maximum absolute atomic E-state index is 12.3. The zero-order chi connectivity index (χ0) is 17.9. The second-order valence-corrected chi connectivity index (χ2v) is 6.24. The van der Waals surface area contributed by atoms with Crippen LogP contribution in [0.3, 0.4) is 0 Å². The molecule has 128 valence electrons. The largest absolute Gasteiger partial charge is 0.359 e. The third kappa shape index (κ3) is 3.98. The van der Waals surface area contributed by atoms with Crippen molar-refractivity contribution in [3.05, 3.63) is 38.9 Å². The zero-order valence-corrected chi connectivity index (χ0v) is 15.2. The van der Waals surface area contributed by atoms with E-state index in [1.807, 2.05) is 20.8 Å². The highest BCUT2D eigenvalue weighted by Gasteiger charge is 2.10. The van der Waals surface area contributed by atoms with Crippen molar-refractivity contribution in [2.45, 2.75) is 33.4 Å². The molecule has 0 saturated carbocycles. The second-order valence-electron chi connectivity index (χ2n) is 5.45. The Morgan fingerprint density at radius 3 is 2.67 bits per heavy atom. The Hall–Kier alpha value is -2.26. The first-order valence-electron chi connectivity index (χ1n) is 7.47. The first-order valence-corrected chi connectivity index (χ1v) is 8.28. The topological polar surface area (TPSA) is 90.9 Å². The number of hydrogen-bond acceptors (Lipinski definition) is 4. The highest BCUT2D eigenvalue weighted by Crippen LogP contribution is 2.10. The molecule has 9 heteroatoms. The normalized spacial score (nSPS) is 10.7. The molecule has 0 aliphatic carbocycles. The Morgan fingerprint density at radius 1 is 1.33 bits per heavy atom. The van der Waals surface area contributed by atoms with Gasteiger partial charge in [-0.15, -0.1) is 0 Å². The van der Waals surface area contributed by atoms with Crippen LogP contribution in [-0.2, 0) is 6.54 Å². The van der Waals surface area contributed by atoms with Crippen molar-refractivity contribution in [2.24, 2.45) is 0 Å². The summed E-state index contributed by atoms with van der Waals surface area (Å²) in [7, 11) is 0. The fraction of sp³-hybridized carbons (Fsp3) is 0.333. The maximum Gasteiger partial charge on any atom is 0.269 e. The zero-order valence-electron chi connectivity index (χ0n) is 13.6. The van der Waals surface area contributed by atoms with Crippen LogP contribution in [0.5, 0.6) is 0 Å². The van der Waals surface area contributed by atoms with Gasteiger partial charge in [-0.2, -0.15) is 0 Å². The summed E-state index contributed by atoms with van der Waals surface area (Å²) in [5.74, 6) is -0.371. The van der Waals surface area contributed by atoms with Crippen molar-refractivity contribution < 1.29 is 4.79 Å². The van der Waals surface area contributed by atoms with Crippen molar-refractivity contribution in [3.8, 4) is 0 Å². The van der Waals surface area contributed by atoms with Gasteiger partial charge in [-0.25, -0.2) is 0 Å². The number of nitrogens with one attached hydrogen (secondary N) is 4. The molecule has 0 spiro atoms. The van der Waals surface area contributed by atoms with E-state index in [2.05, 4.69) is 21.2 Å². The molecule has 0 saturated heterocycles. The van der Waals surface area contributed by atoms with Crippen LogP contribution in [0, 0.1) is 4.77 Å². The number of carbonyl (C=O) groups excluding carboxylic acids is 1. The third-order valence-electron chi connectivity index (χ3n) is 3.27. The van der Waals surface area contributed by atoms with Gasteiger partial charge >= 0.3 is 0 Å². The quantitative estimate of drug-likeness (QED) is 0.488. The minimum atomic E-state index is -0.371. The summed E-state index contributed by atoms with van der Waals surface area (Å²) in [6, 6.07) is 4.93. The molecule has 4 N–H and O–H groups in total. The van der Waals surface area contributed by atoms with Gasteiger partial charge in [-0.05, 0) is 63.4 Å². The minimum absolute atomic E-state index is 0.156. The molecule has 1 amide bonds. The minimum Gasteiger partial charge on any atom is -0.359 e. The van der Waals surface area contributed by atoms with Crippen molar-refractivity contribution >= 4 is 46.4 Å². The van der Waals surface area contributed by atoms with Crippen LogP contribution < -0.4 is 21.7 Å². The number of thiocarbonyl (C=S) groups is 1. The lowest BCUT2D eigenvalue weighted by atomic mass is 10.1. The molecule has 0 fully saturated rings. The van der Waals surface area contributed by atoms with E-state index in [9.17, 15) is 9.59 Å². The van der Waals surface area contributed by atoms with E-state index in [1.165, 1.54) is 4.57 Å². The van der Waals surface area contributed by atoms with Gasteiger partial charge in [-0.3, -0.25) is 25.0 Å². The fourth-order valence-electron chi connectivity index (χ4n) is 2.17. The van der Waals surface area contributed by atoms with Gasteiger partial charge in [0.2, 0.25) is 0 Å². The summed E-state index contributed by atoms with van der Waals surface area (Å²) in [5.41, 5.74) is 5.85. The Labute approximate surface area is 149 Å². The van der Waals surface area contributed by atoms with Crippen molar-refractivity contribution in [1.82, 2.24) is 25.7 Å². The molecule has 0 aliphatic heterocycles. The molecule has 7 nitrogen and oxygen atoms in total. The third-order valence-corrected chi connectivity index (χ3v) is 3.81. The number of fused-ring (bicyclic) bond motifs is 1. The molecule has 0 atom stereocenters. The number of nitrogens with zero attached hydrogens (tertiary/aromatic N) is 1. The van der Waals surface area contributed by atoms with E-state index in [0.29, 0.717) is 32.9 Å². The van der Waals surface area contributed by atoms with Crippen LogP contribution in [0.2, 0.25) is 0 Å². The SMILES string of the molecule is CCn1c(=S)[nH]c2cc(C(=O)NNC(=S)NC(C)C)ccc2c1=O. The molecule has 0 unspecified atom stereocenters. The number of hydrazine groups is 1. The molecule has 24 heavy (non-hydrogen) atoms. The fourth-order valence-corrected chi connectivity index (χ4v) is 2.78. The number of benzene rings is 1. The summed E-state index contributed by atoms with van der Waals surface area (Å²) in [6.45, 7) is 6.20. The van der Waals surface area contributed by atoms with Crippen molar-refractivity contribution in [2.75, 3.05) is 0 Å². The lowest BCUT2D eigenvalue weighted by Crippen LogP contribution is -2.48. The molecule has 1 aromatic heterocycles. The van der Waals surface area contributed by atoms with E-state index in [1.54, 1.807) is 18.2 Å². The average molecular weight is 365 g/mol. The molecule has 0 radical (unpaired) electrons. The van der Waals surface area contributed by atoms with Crippen LogP contribution in [0.4, 0.5) is 0 Å². The molecule has 2 rings (SSSR count). The van der Waals surface area contributed by atoms with Crippen LogP contribution in [0.25, 0.3) is 10.9 Å². The van der Waals surface area contributed by atoms with Gasteiger partial charge in [0.1, 0.15) is 0 Å². The molecule has 2 aromatic rings. The molecule has 0 bridgehead atoms. The van der Waals surface area contributed by atoms with Crippen molar-refractivity contribution in [1.29, 1.82) is 0 Å². The summed E-state index contributed by atoms with van der Waals surface area (Å²) in [4.78, 5) is 27.5. The average Bonchev–Trinajstić information content (AvgIpc) is 2.51. The highest BCUT2D eigenvalue weighted by molar-refractivity contribution is 7.80. The maximum atomic E-state index is 12.3. The number of amides is 1. The standard InChI is InChI=1S/C15H19N5O2S2/c1-4-20-13(22)10-6-5-9(7-11(10)17-15(20)24)12(21)18-19-14(23)16-8(2)3/h5-8H,4H2,1-3H3,(H,17,24)(H,18,21)(H2,16,19,23). The lowest BCUT2D eigenvalue weighted by molar-refractivity contribution is 0.0943. The summed E-state index contributed by atoms with van der Waals surface area (Å²) in [5, 5.41) is 3.75. The number of rotatable bonds is 3. The Bertz CT molecular complexity index is 901. The van der Waals surface area contributed by atoms with Gasteiger partial charge in [0.25, 0.3) is 11.5 Å². The summed E-state index contributed by atoms with van der Waals surface area (Å²) < 4.78 is 1.79. The monoisotopic (exact) mass is 365 g/mol. The molecular formula is C15H19N5O2S2. The van der Waals surface area contributed by atoms with Crippen LogP contribution in [-0.4, -0.2) is 26.6 Å². The Morgan fingerprint density at radius 2 is 2.04 bits per heavy atom. The van der Waals surface area contributed by atoms with Crippen molar-refractivity contribution in [3.63, 3.8) is 0 Å². The first kappa shape index (κ1) is 18.1. The van der Waals surface area contributed by atoms with E-state index in [-0.39, 0.29) is 17.5 Å². The molecular weight excluding hydrogens is 346 g/mol. The van der Waals surface area contributed by atoms with Crippen LogP contribution >= 0.6 is 24.4 Å². The van der Waals surface area contributed by atoms with Gasteiger partial charge in [0.05, 0.1) is 10.9 Å². The lowest BCUT2D eigenvalue weighted by Gasteiger charge is -2.14. The van der Waals surface area contributed by atoms with E-state index >= 15 is 0 Å². The van der Waals surface area contributed by atoms with Gasteiger partial charge in [0.15, 0.2) is 9.88 Å². The number of aromatic amines is 1.